The summed E-state index contributed by atoms with van der Waals surface area (Å²) in [6.45, 7) is 4.63. The van der Waals surface area contributed by atoms with Crippen LogP contribution in [0.15, 0.2) is 97.2 Å². The van der Waals surface area contributed by atoms with Gasteiger partial charge >= 0.3 is 0 Å². The molecule has 32 heavy (non-hydrogen) atoms. The maximum atomic E-state index is 6.25. The molecular formula is C30H26OSi. The highest BCUT2D eigenvalue weighted by Gasteiger charge is 2.29. The van der Waals surface area contributed by atoms with Gasteiger partial charge in [-0.05, 0) is 68.5 Å². The van der Waals surface area contributed by atoms with Gasteiger partial charge < -0.3 is 4.43 Å². The van der Waals surface area contributed by atoms with E-state index < -0.39 is 9.76 Å². The van der Waals surface area contributed by atoms with E-state index in [9.17, 15) is 0 Å². The van der Waals surface area contributed by atoms with E-state index in [0.29, 0.717) is 0 Å². The van der Waals surface area contributed by atoms with E-state index in [1.165, 1.54) is 55.6 Å². The number of hydrogen-bond donors (Lipinski definition) is 0. The van der Waals surface area contributed by atoms with Crippen LogP contribution in [0.1, 0.15) is 39.3 Å². The Morgan fingerprint density at radius 1 is 0.688 bits per heavy atom. The fourth-order valence-electron chi connectivity index (χ4n) is 5.63. The summed E-state index contributed by atoms with van der Waals surface area (Å²) < 4.78 is 6.25. The molecule has 0 N–H and O–H groups in total. The minimum absolute atomic E-state index is 0.232. The Hall–Kier alpha value is -3.20. The van der Waals surface area contributed by atoms with Crippen molar-refractivity contribution in [3.8, 4) is 22.3 Å². The lowest BCUT2D eigenvalue weighted by Gasteiger charge is -2.24. The Morgan fingerprint density at radius 3 is 1.72 bits per heavy atom. The van der Waals surface area contributed by atoms with E-state index in [-0.39, 0.29) is 5.92 Å². The van der Waals surface area contributed by atoms with Crippen molar-refractivity contribution in [2.75, 3.05) is 6.61 Å². The summed E-state index contributed by atoms with van der Waals surface area (Å²) in [4.78, 5) is 0. The van der Waals surface area contributed by atoms with Crippen molar-refractivity contribution in [3.05, 3.63) is 131 Å². The highest BCUT2D eigenvalue weighted by Crippen LogP contribution is 2.45. The van der Waals surface area contributed by atoms with Gasteiger partial charge in [-0.25, -0.2) is 0 Å². The van der Waals surface area contributed by atoms with Gasteiger partial charge in [-0.2, -0.15) is 0 Å². The summed E-state index contributed by atoms with van der Waals surface area (Å²) in [5.41, 5.74) is 16.2. The average molecular weight is 431 g/mol. The molecule has 0 bridgehead atoms. The van der Waals surface area contributed by atoms with Crippen LogP contribution in [0.3, 0.4) is 0 Å². The first-order valence-electron chi connectivity index (χ1n) is 11.4. The second kappa shape index (κ2) is 8.05. The van der Waals surface area contributed by atoms with Crippen LogP contribution in [-0.4, -0.2) is 16.4 Å². The molecule has 4 aromatic rings. The van der Waals surface area contributed by atoms with Crippen molar-refractivity contribution in [1.29, 1.82) is 0 Å². The van der Waals surface area contributed by atoms with E-state index in [1.54, 1.807) is 0 Å². The fourth-order valence-corrected chi connectivity index (χ4v) is 6.17. The van der Waals surface area contributed by atoms with Crippen LogP contribution in [0.5, 0.6) is 0 Å². The van der Waals surface area contributed by atoms with Crippen molar-refractivity contribution >= 4 is 9.76 Å². The molecule has 156 valence electrons. The third kappa shape index (κ3) is 3.10. The highest BCUT2D eigenvalue weighted by atomic mass is 28.2. The highest BCUT2D eigenvalue weighted by molar-refractivity contribution is 6.34. The molecule has 0 saturated heterocycles. The normalized spacial score (nSPS) is 13.3. The molecule has 1 nitrogen and oxygen atoms in total. The number of benzene rings is 4. The average Bonchev–Trinajstić information content (AvgIpc) is 3.41. The molecule has 6 rings (SSSR count). The Balaban J connectivity index is 1.49. The predicted molar refractivity (Wildman–Crippen MR) is 136 cm³/mol. The molecule has 0 spiro atoms. The molecule has 0 saturated carbocycles. The zero-order valence-electron chi connectivity index (χ0n) is 18.2. The van der Waals surface area contributed by atoms with Crippen LogP contribution in [0.25, 0.3) is 22.3 Å². The lowest BCUT2D eigenvalue weighted by Crippen LogP contribution is -2.15. The Bertz CT molecular complexity index is 1240. The standard InChI is InChI=1S/C30H26OSi/c1-2-32-31-19-30(26-15-7-13-24-22-11-5-3-9-20(22)17-28(24)26)27-16-8-14-25-23-12-6-4-10-21(23)18-29(25)27/h2-16,30H,1,17-19,32H2. The monoisotopic (exact) mass is 430 g/mol. The molecule has 0 fully saturated rings. The maximum Gasteiger partial charge on any atom is 0.184 e. The van der Waals surface area contributed by atoms with Crippen LogP contribution in [0.4, 0.5) is 0 Å². The molecule has 2 aliphatic carbocycles. The van der Waals surface area contributed by atoms with Crippen LogP contribution >= 0.6 is 0 Å². The number of hydrogen-bond acceptors (Lipinski definition) is 1. The minimum atomic E-state index is -0.697. The zero-order valence-corrected chi connectivity index (χ0v) is 19.6. The molecule has 0 aromatic heterocycles. The Kier molecular flexibility index (Phi) is 4.90. The molecule has 0 unspecified atom stereocenters. The van der Waals surface area contributed by atoms with Gasteiger partial charge in [-0.3, -0.25) is 0 Å². The first-order chi connectivity index (χ1) is 15.8. The maximum absolute atomic E-state index is 6.25. The summed E-state index contributed by atoms with van der Waals surface area (Å²) in [6.07, 6.45) is 2.01. The summed E-state index contributed by atoms with van der Waals surface area (Å²) in [5, 5.41) is 0. The predicted octanol–water partition coefficient (Wildman–Crippen LogP) is 6.20. The summed E-state index contributed by atoms with van der Waals surface area (Å²) >= 11 is 0. The minimum Gasteiger partial charge on any atom is -0.418 e. The first kappa shape index (κ1) is 19.5. The van der Waals surface area contributed by atoms with E-state index in [1.807, 2.05) is 5.70 Å². The van der Waals surface area contributed by atoms with E-state index in [4.69, 9.17) is 4.43 Å². The Labute approximate surface area is 192 Å². The third-order valence-corrected chi connectivity index (χ3v) is 7.75. The Morgan fingerprint density at radius 2 is 1.19 bits per heavy atom. The van der Waals surface area contributed by atoms with E-state index in [0.717, 1.165) is 19.4 Å². The van der Waals surface area contributed by atoms with Crippen LogP contribution in [0.2, 0.25) is 0 Å². The second-order valence-corrected chi connectivity index (χ2v) is 10.1. The smallest absolute Gasteiger partial charge is 0.184 e. The van der Waals surface area contributed by atoms with Crippen LogP contribution < -0.4 is 0 Å². The molecule has 0 heterocycles. The molecular weight excluding hydrogens is 404 g/mol. The first-order valence-corrected chi connectivity index (χ1v) is 12.8. The fraction of sp³-hybridized carbons (Fsp3) is 0.133. The van der Waals surface area contributed by atoms with E-state index in [2.05, 4.69) is 91.5 Å². The van der Waals surface area contributed by atoms with Crippen LogP contribution in [-0.2, 0) is 17.3 Å². The van der Waals surface area contributed by atoms with Gasteiger partial charge in [-0.15, -0.1) is 6.58 Å². The molecule has 4 aromatic carbocycles. The summed E-state index contributed by atoms with van der Waals surface area (Å²) in [5.74, 6) is 0.232. The lowest BCUT2D eigenvalue weighted by atomic mass is 9.83. The van der Waals surface area contributed by atoms with E-state index >= 15 is 0 Å². The van der Waals surface area contributed by atoms with Crippen molar-refractivity contribution in [3.63, 3.8) is 0 Å². The van der Waals surface area contributed by atoms with Gasteiger partial charge in [-0.1, -0.05) is 90.6 Å². The molecule has 2 aliphatic rings. The molecule has 0 radical (unpaired) electrons. The molecule has 0 aliphatic heterocycles. The number of fused-ring (bicyclic) bond motifs is 6. The van der Waals surface area contributed by atoms with Gasteiger partial charge in [0, 0.05) is 12.5 Å². The SMILES string of the molecule is C=C[SiH2]OCC(c1cccc2c1Cc1ccccc1-2)c1cccc2c1Cc1ccccc1-2. The second-order valence-electron chi connectivity index (χ2n) is 8.79. The third-order valence-electron chi connectivity index (χ3n) is 7.05. The largest absolute Gasteiger partial charge is 0.418 e. The van der Waals surface area contributed by atoms with Gasteiger partial charge in [0.25, 0.3) is 0 Å². The van der Waals surface area contributed by atoms with Gasteiger partial charge in [0.1, 0.15) is 0 Å². The molecule has 0 amide bonds. The lowest BCUT2D eigenvalue weighted by molar-refractivity contribution is 0.324. The van der Waals surface area contributed by atoms with Gasteiger partial charge in [0.2, 0.25) is 0 Å². The topological polar surface area (TPSA) is 9.23 Å². The number of rotatable bonds is 6. The van der Waals surface area contributed by atoms with Crippen molar-refractivity contribution in [1.82, 2.24) is 0 Å². The zero-order chi connectivity index (χ0) is 21.5. The van der Waals surface area contributed by atoms with Crippen LogP contribution in [0, 0.1) is 0 Å². The van der Waals surface area contributed by atoms with Gasteiger partial charge in [0.05, 0.1) is 0 Å². The molecule has 2 heteroatoms. The molecule has 0 atom stereocenters. The van der Waals surface area contributed by atoms with Crippen molar-refractivity contribution in [2.45, 2.75) is 18.8 Å². The van der Waals surface area contributed by atoms with Crippen molar-refractivity contribution < 1.29 is 4.43 Å². The summed E-state index contributed by atoms with van der Waals surface area (Å²) in [7, 11) is -0.697. The summed E-state index contributed by atoms with van der Waals surface area (Å²) in [6, 6.07) is 31.4. The van der Waals surface area contributed by atoms with Gasteiger partial charge in [0.15, 0.2) is 9.76 Å². The quantitative estimate of drug-likeness (QED) is 0.226. The van der Waals surface area contributed by atoms with Crippen molar-refractivity contribution in [2.24, 2.45) is 0 Å².